The highest BCUT2D eigenvalue weighted by molar-refractivity contribution is 5.78. The largest absolute Gasteiger partial charge is 0.493 e. The van der Waals surface area contributed by atoms with Gasteiger partial charge >= 0.3 is 0 Å². The summed E-state index contributed by atoms with van der Waals surface area (Å²) < 4.78 is 22.1. The molecule has 1 aromatic rings. The van der Waals surface area contributed by atoms with Crippen LogP contribution in [-0.2, 0) is 20.7 Å². The minimum Gasteiger partial charge on any atom is -0.493 e. The summed E-state index contributed by atoms with van der Waals surface area (Å²) in [7, 11) is 3.32. The van der Waals surface area contributed by atoms with Gasteiger partial charge in [-0.1, -0.05) is 33.8 Å². The molecule has 224 valence electrons. The summed E-state index contributed by atoms with van der Waals surface area (Å²) in [4.78, 5) is 13.0. The molecule has 4 N–H and O–H groups in total. The number of rotatable bonds is 18. The Bertz CT molecular complexity index is 827. The van der Waals surface area contributed by atoms with Gasteiger partial charge in [-0.15, -0.1) is 0 Å². The molecule has 1 aliphatic rings. The zero-order valence-electron chi connectivity index (χ0n) is 25.1. The van der Waals surface area contributed by atoms with E-state index in [4.69, 9.17) is 24.7 Å². The van der Waals surface area contributed by atoms with Gasteiger partial charge in [0.1, 0.15) is 0 Å². The van der Waals surface area contributed by atoms with Gasteiger partial charge in [0, 0.05) is 45.2 Å². The highest BCUT2D eigenvalue weighted by atomic mass is 16.5. The van der Waals surface area contributed by atoms with Crippen molar-refractivity contribution < 1.29 is 28.8 Å². The summed E-state index contributed by atoms with van der Waals surface area (Å²) in [5.41, 5.74) is 7.71. The zero-order chi connectivity index (χ0) is 28.8. The van der Waals surface area contributed by atoms with Crippen molar-refractivity contribution in [3.63, 3.8) is 0 Å². The summed E-state index contributed by atoms with van der Waals surface area (Å²) >= 11 is 0. The molecular formula is C31H54N2O6. The first-order chi connectivity index (χ1) is 18.7. The number of amides is 1. The van der Waals surface area contributed by atoms with Gasteiger partial charge in [-0.05, 0) is 73.5 Å². The molecule has 5 atom stereocenters. The zero-order valence-corrected chi connectivity index (χ0v) is 25.1. The Morgan fingerprint density at radius 2 is 1.90 bits per heavy atom. The topological polar surface area (TPSA) is 112 Å². The molecule has 0 aliphatic carbocycles. The maximum absolute atomic E-state index is 13.0. The Kier molecular flexibility index (Phi) is 15.2. The maximum Gasteiger partial charge on any atom is 0.223 e. The van der Waals surface area contributed by atoms with Crippen LogP contribution in [0.4, 0.5) is 0 Å². The first-order valence-corrected chi connectivity index (χ1v) is 14.7. The quantitative estimate of drug-likeness (QED) is 0.235. The monoisotopic (exact) mass is 550 g/mol. The molecule has 2 rings (SSSR count). The fourth-order valence-corrected chi connectivity index (χ4v) is 5.21. The number of nitrogens with two attached hydrogens (primary N) is 1. The number of carbonyl (C=O) groups is 1. The fraction of sp³-hybridized carbons (Fsp3) is 0.774. The first-order valence-electron chi connectivity index (χ1n) is 14.7. The first kappa shape index (κ1) is 33.3. The third kappa shape index (κ3) is 11.6. The van der Waals surface area contributed by atoms with Gasteiger partial charge in [-0.25, -0.2) is 0 Å². The lowest BCUT2D eigenvalue weighted by Gasteiger charge is -2.30. The van der Waals surface area contributed by atoms with Crippen LogP contribution >= 0.6 is 0 Å². The molecule has 39 heavy (non-hydrogen) atoms. The highest BCUT2D eigenvalue weighted by Crippen LogP contribution is 2.32. The van der Waals surface area contributed by atoms with Crippen molar-refractivity contribution in [2.75, 3.05) is 47.2 Å². The summed E-state index contributed by atoms with van der Waals surface area (Å²) in [5, 5.41) is 14.2. The van der Waals surface area contributed by atoms with Gasteiger partial charge in [0.15, 0.2) is 11.5 Å². The normalized spacial score (nSPS) is 19.0. The van der Waals surface area contributed by atoms with Gasteiger partial charge < -0.3 is 35.1 Å². The van der Waals surface area contributed by atoms with Gasteiger partial charge in [0.25, 0.3) is 0 Å². The van der Waals surface area contributed by atoms with E-state index in [2.05, 4.69) is 25.2 Å². The predicted molar refractivity (Wildman–Crippen MR) is 155 cm³/mol. The van der Waals surface area contributed by atoms with Crippen LogP contribution < -0.4 is 20.5 Å². The number of methoxy groups -OCH3 is 2. The number of aliphatic hydroxyl groups excluding tert-OH is 1. The van der Waals surface area contributed by atoms with Crippen LogP contribution in [-0.4, -0.2) is 70.4 Å². The van der Waals surface area contributed by atoms with Crippen molar-refractivity contribution in [1.82, 2.24) is 5.32 Å². The molecule has 0 saturated carbocycles. The van der Waals surface area contributed by atoms with E-state index in [1.54, 1.807) is 14.2 Å². The number of hydrogen-bond donors (Lipinski definition) is 3. The average molecular weight is 551 g/mol. The number of aliphatic hydroxyl groups is 1. The molecule has 0 radical (unpaired) electrons. The second-order valence-corrected chi connectivity index (χ2v) is 11.8. The van der Waals surface area contributed by atoms with E-state index in [1.807, 2.05) is 26.0 Å². The Hall–Kier alpha value is -1.87. The van der Waals surface area contributed by atoms with Crippen LogP contribution in [0.1, 0.15) is 65.4 Å². The fourth-order valence-electron chi connectivity index (χ4n) is 5.21. The number of carbonyl (C=O) groups excluding carboxylic acids is 1. The van der Waals surface area contributed by atoms with Crippen LogP contribution in [0.15, 0.2) is 18.2 Å². The SMILES string of the molecule is COCCCOc1cc(C[C@@H](C[C@H](N)[C@@H](O)C[C@@H](C(=O)NC[C@@H]2CCCOC2)C(C)C)C(C)C)ccc1OC. The van der Waals surface area contributed by atoms with Gasteiger partial charge in [-0.2, -0.15) is 0 Å². The Morgan fingerprint density at radius 3 is 2.51 bits per heavy atom. The molecule has 1 fully saturated rings. The third-order valence-electron chi connectivity index (χ3n) is 7.94. The lowest BCUT2D eigenvalue weighted by molar-refractivity contribution is -0.128. The second kappa shape index (κ2) is 17.7. The molecule has 0 spiro atoms. The van der Waals surface area contributed by atoms with E-state index >= 15 is 0 Å². The molecular weight excluding hydrogens is 496 g/mol. The third-order valence-corrected chi connectivity index (χ3v) is 7.94. The lowest BCUT2D eigenvalue weighted by atomic mass is 9.80. The van der Waals surface area contributed by atoms with E-state index in [1.165, 1.54) is 0 Å². The molecule has 1 amide bonds. The smallest absolute Gasteiger partial charge is 0.223 e. The minimum absolute atomic E-state index is 0.00139. The molecule has 1 aromatic carbocycles. The maximum atomic E-state index is 13.0. The van der Waals surface area contributed by atoms with Gasteiger partial charge in [0.05, 0.1) is 26.4 Å². The van der Waals surface area contributed by atoms with Crippen LogP contribution in [0.3, 0.4) is 0 Å². The van der Waals surface area contributed by atoms with Crippen molar-refractivity contribution in [2.45, 2.75) is 78.4 Å². The van der Waals surface area contributed by atoms with Crippen LogP contribution in [0.25, 0.3) is 0 Å². The Labute approximate surface area is 236 Å². The molecule has 0 bridgehead atoms. The molecule has 1 aliphatic heterocycles. The van der Waals surface area contributed by atoms with Gasteiger partial charge in [0.2, 0.25) is 5.91 Å². The molecule has 8 nitrogen and oxygen atoms in total. The summed E-state index contributed by atoms with van der Waals surface area (Å²) in [6.07, 6.45) is 4.01. The number of hydrogen-bond acceptors (Lipinski definition) is 7. The van der Waals surface area contributed by atoms with E-state index in [-0.39, 0.29) is 23.7 Å². The lowest BCUT2D eigenvalue weighted by Crippen LogP contribution is -2.44. The Morgan fingerprint density at radius 1 is 1.13 bits per heavy atom. The standard InChI is InChI=1S/C31H54N2O6/c1-21(2)25(15-23-10-11-29(37-6)30(16-23)39-14-8-12-36-5)17-27(32)28(34)18-26(22(3)4)31(35)33-19-24-9-7-13-38-20-24/h10-11,16,21-22,24-28,34H,7-9,12-15,17-20,32H2,1-6H3,(H,33,35)/t24-,25-,26+,27-,28-/m0/s1. The molecule has 8 heteroatoms. The van der Waals surface area contributed by atoms with Crippen LogP contribution in [0.2, 0.25) is 0 Å². The van der Waals surface area contributed by atoms with E-state index < -0.39 is 12.1 Å². The summed E-state index contributed by atoms with van der Waals surface area (Å²) in [6, 6.07) is 5.63. The van der Waals surface area contributed by atoms with Crippen molar-refractivity contribution in [3.05, 3.63) is 23.8 Å². The van der Waals surface area contributed by atoms with E-state index in [9.17, 15) is 9.90 Å². The van der Waals surface area contributed by atoms with Crippen LogP contribution in [0.5, 0.6) is 11.5 Å². The number of benzene rings is 1. The van der Waals surface area contributed by atoms with Crippen LogP contribution in [0, 0.1) is 29.6 Å². The van der Waals surface area contributed by atoms with E-state index in [0.29, 0.717) is 56.8 Å². The predicted octanol–water partition coefficient (Wildman–Crippen LogP) is 4.21. The highest BCUT2D eigenvalue weighted by Gasteiger charge is 2.30. The molecule has 0 unspecified atom stereocenters. The molecule has 1 heterocycles. The van der Waals surface area contributed by atoms with Crippen molar-refractivity contribution in [2.24, 2.45) is 35.3 Å². The Balaban J connectivity index is 1.97. The number of nitrogens with one attached hydrogen (secondary N) is 1. The van der Waals surface area contributed by atoms with Crippen molar-refractivity contribution in [1.29, 1.82) is 0 Å². The molecule has 0 aromatic heterocycles. The van der Waals surface area contributed by atoms with Gasteiger partial charge in [-0.3, -0.25) is 4.79 Å². The summed E-state index contributed by atoms with van der Waals surface area (Å²) in [5.74, 6) is 2.26. The van der Waals surface area contributed by atoms with Crippen molar-refractivity contribution in [3.8, 4) is 11.5 Å². The number of ether oxygens (including phenoxy) is 4. The average Bonchev–Trinajstić information content (AvgIpc) is 2.92. The van der Waals surface area contributed by atoms with E-state index in [0.717, 1.165) is 43.6 Å². The minimum atomic E-state index is -0.752. The second-order valence-electron chi connectivity index (χ2n) is 11.8. The molecule has 1 saturated heterocycles. The van der Waals surface area contributed by atoms with Crippen molar-refractivity contribution >= 4 is 5.91 Å². The summed E-state index contributed by atoms with van der Waals surface area (Å²) in [6.45, 7) is 11.8.